The fourth-order valence-corrected chi connectivity index (χ4v) is 2.68. The number of benzene rings is 1. The normalized spacial score (nSPS) is 16.6. The molecule has 1 aromatic carbocycles. The van der Waals surface area contributed by atoms with E-state index >= 15 is 0 Å². The van der Waals surface area contributed by atoms with Crippen molar-refractivity contribution in [3.8, 4) is 0 Å². The van der Waals surface area contributed by atoms with Crippen LogP contribution in [0.1, 0.15) is 25.8 Å². The number of fused-ring (bicyclic) bond motifs is 1. The largest absolute Gasteiger partial charge is 0.463 e. The van der Waals surface area contributed by atoms with E-state index in [-0.39, 0.29) is 13.2 Å². The van der Waals surface area contributed by atoms with Gasteiger partial charge in [0, 0.05) is 11.8 Å². The molecule has 6 heteroatoms. The molecule has 0 aliphatic carbocycles. The van der Waals surface area contributed by atoms with Crippen molar-refractivity contribution in [2.45, 2.75) is 32.7 Å². The molecule has 1 unspecified atom stereocenters. The number of hydrogen-bond donors (Lipinski definition) is 0. The lowest BCUT2D eigenvalue weighted by Crippen LogP contribution is -2.46. The summed E-state index contributed by atoms with van der Waals surface area (Å²) in [6.45, 7) is 3.78. The summed E-state index contributed by atoms with van der Waals surface area (Å²) in [7, 11) is 0. The summed E-state index contributed by atoms with van der Waals surface area (Å²) >= 11 is 0. The Morgan fingerprint density at radius 1 is 1.17 bits per heavy atom. The van der Waals surface area contributed by atoms with Gasteiger partial charge in [0.25, 0.3) is 0 Å². The Labute approximate surface area is 141 Å². The number of ether oxygens (including phenoxy) is 2. The minimum absolute atomic E-state index is 0.128. The molecule has 0 radical (unpaired) electrons. The average Bonchev–Trinajstić information content (AvgIpc) is 2.59. The number of aryl methyl sites for hydroxylation is 1. The van der Waals surface area contributed by atoms with Crippen LogP contribution >= 0.6 is 0 Å². The molecule has 24 heavy (non-hydrogen) atoms. The highest BCUT2D eigenvalue weighted by Gasteiger charge is 2.34. The van der Waals surface area contributed by atoms with Gasteiger partial charge in [-0.15, -0.1) is 0 Å². The van der Waals surface area contributed by atoms with E-state index in [1.54, 1.807) is 26.0 Å². The second-order valence-electron chi connectivity index (χ2n) is 5.24. The number of esters is 2. The van der Waals surface area contributed by atoms with Crippen LogP contribution in [0.3, 0.4) is 0 Å². The molecule has 2 rings (SSSR count). The van der Waals surface area contributed by atoms with Crippen molar-refractivity contribution in [1.29, 1.82) is 0 Å². The molecular formula is C18H21NO5. The van der Waals surface area contributed by atoms with E-state index in [1.165, 1.54) is 11.0 Å². The van der Waals surface area contributed by atoms with Crippen molar-refractivity contribution in [2.24, 2.45) is 0 Å². The minimum Gasteiger partial charge on any atom is -0.463 e. The summed E-state index contributed by atoms with van der Waals surface area (Å²) in [4.78, 5) is 37.4. The molecule has 1 aliphatic rings. The van der Waals surface area contributed by atoms with Crippen LogP contribution in [-0.4, -0.2) is 37.1 Å². The predicted octanol–water partition coefficient (Wildman–Crippen LogP) is 2.02. The van der Waals surface area contributed by atoms with Gasteiger partial charge in [-0.1, -0.05) is 24.3 Å². The zero-order valence-electron chi connectivity index (χ0n) is 13.9. The second-order valence-corrected chi connectivity index (χ2v) is 5.24. The maximum absolute atomic E-state index is 12.5. The molecule has 1 atom stereocenters. The highest BCUT2D eigenvalue weighted by Crippen LogP contribution is 2.31. The molecule has 0 saturated heterocycles. The predicted molar refractivity (Wildman–Crippen MR) is 88.4 cm³/mol. The zero-order chi connectivity index (χ0) is 17.5. The lowest BCUT2D eigenvalue weighted by molar-refractivity contribution is -0.153. The third-order valence-electron chi connectivity index (χ3n) is 3.70. The average molecular weight is 331 g/mol. The van der Waals surface area contributed by atoms with Crippen molar-refractivity contribution in [1.82, 2.24) is 0 Å². The van der Waals surface area contributed by atoms with Crippen LogP contribution in [-0.2, 0) is 30.3 Å². The molecule has 0 bridgehead atoms. The summed E-state index contributed by atoms with van der Waals surface area (Å²) in [5.74, 6) is -2.11. The maximum atomic E-state index is 12.5. The Kier molecular flexibility index (Phi) is 6.12. The van der Waals surface area contributed by atoms with Crippen molar-refractivity contribution >= 4 is 23.5 Å². The van der Waals surface area contributed by atoms with Gasteiger partial charge < -0.3 is 9.47 Å². The molecule has 0 spiro atoms. The van der Waals surface area contributed by atoms with Gasteiger partial charge in [0.2, 0.25) is 0 Å². The van der Waals surface area contributed by atoms with Gasteiger partial charge in [-0.3, -0.25) is 9.69 Å². The zero-order valence-corrected chi connectivity index (χ0v) is 13.9. The van der Waals surface area contributed by atoms with Crippen LogP contribution in [0.5, 0.6) is 0 Å². The van der Waals surface area contributed by atoms with Crippen molar-refractivity contribution in [3.63, 3.8) is 0 Å². The summed E-state index contributed by atoms with van der Waals surface area (Å²) in [5, 5.41) is 0. The van der Waals surface area contributed by atoms with E-state index in [4.69, 9.17) is 9.47 Å². The number of nitrogens with zero attached hydrogens (tertiary/aromatic N) is 1. The quantitative estimate of drug-likeness (QED) is 0.479. The van der Waals surface area contributed by atoms with E-state index in [2.05, 4.69) is 0 Å². The van der Waals surface area contributed by atoms with Crippen molar-refractivity contribution in [2.75, 3.05) is 18.1 Å². The van der Waals surface area contributed by atoms with E-state index in [0.29, 0.717) is 12.1 Å². The van der Waals surface area contributed by atoms with Crippen LogP contribution in [0, 0.1) is 0 Å². The molecule has 6 nitrogen and oxygen atoms in total. The molecular weight excluding hydrogens is 310 g/mol. The molecule has 1 amide bonds. The van der Waals surface area contributed by atoms with E-state index in [0.717, 1.165) is 12.0 Å². The summed E-state index contributed by atoms with van der Waals surface area (Å²) in [5.41, 5.74) is 1.65. The Balaban J connectivity index is 2.31. The molecule has 0 aromatic heterocycles. The fraction of sp³-hybridized carbons (Fsp3) is 0.389. The lowest BCUT2D eigenvalue weighted by Gasteiger charge is -2.34. The topological polar surface area (TPSA) is 72.9 Å². The Morgan fingerprint density at radius 2 is 1.88 bits per heavy atom. The second kappa shape index (κ2) is 8.29. The number of rotatable bonds is 4. The molecule has 1 heterocycles. The van der Waals surface area contributed by atoms with Gasteiger partial charge in [-0.2, -0.15) is 0 Å². The van der Waals surface area contributed by atoms with Gasteiger partial charge in [0.05, 0.1) is 19.3 Å². The van der Waals surface area contributed by atoms with Gasteiger partial charge in [-0.25, -0.2) is 9.59 Å². The van der Waals surface area contributed by atoms with Crippen LogP contribution in [0.4, 0.5) is 5.69 Å². The first kappa shape index (κ1) is 17.7. The van der Waals surface area contributed by atoms with Gasteiger partial charge >= 0.3 is 17.8 Å². The number of anilines is 1. The number of amides is 1. The third kappa shape index (κ3) is 4.01. The Hall–Kier alpha value is -2.63. The monoisotopic (exact) mass is 331 g/mol. The van der Waals surface area contributed by atoms with Gasteiger partial charge in [0.15, 0.2) is 0 Å². The van der Waals surface area contributed by atoms with Gasteiger partial charge in [-0.05, 0) is 38.3 Å². The molecule has 0 fully saturated rings. The van der Waals surface area contributed by atoms with E-state index < -0.39 is 23.9 Å². The highest BCUT2D eigenvalue weighted by atomic mass is 16.5. The summed E-state index contributed by atoms with van der Waals surface area (Å²) in [6.07, 6.45) is 4.26. The number of carbonyl (C=O) groups is 3. The van der Waals surface area contributed by atoms with Gasteiger partial charge in [0.1, 0.15) is 0 Å². The first-order valence-electron chi connectivity index (χ1n) is 8.01. The SMILES string of the molecule is CCOC(=O)/C=C/C1CCc2ccccc2N1C(=O)C(=O)OCC. The minimum atomic E-state index is -0.899. The molecule has 0 saturated carbocycles. The van der Waals surface area contributed by atoms with Crippen LogP contribution < -0.4 is 4.90 Å². The van der Waals surface area contributed by atoms with E-state index in [9.17, 15) is 14.4 Å². The smallest absolute Gasteiger partial charge is 0.397 e. The molecule has 1 aliphatic heterocycles. The maximum Gasteiger partial charge on any atom is 0.397 e. The lowest BCUT2D eigenvalue weighted by atomic mass is 9.95. The number of carbonyl (C=O) groups excluding carboxylic acids is 3. The fourth-order valence-electron chi connectivity index (χ4n) is 2.68. The third-order valence-corrected chi connectivity index (χ3v) is 3.70. The van der Waals surface area contributed by atoms with E-state index in [1.807, 2.05) is 18.2 Å². The summed E-state index contributed by atoms with van der Waals surface area (Å²) in [6, 6.07) is 7.01. The van der Waals surface area contributed by atoms with Crippen molar-refractivity contribution in [3.05, 3.63) is 42.0 Å². The Bertz CT molecular complexity index is 653. The first-order chi connectivity index (χ1) is 11.6. The molecule has 1 aromatic rings. The van der Waals surface area contributed by atoms with Crippen LogP contribution in [0.25, 0.3) is 0 Å². The molecule has 128 valence electrons. The van der Waals surface area contributed by atoms with Crippen LogP contribution in [0.2, 0.25) is 0 Å². The first-order valence-corrected chi connectivity index (χ1v) is 8.01. The number of para-hydroxylation sites is 1. The number of hydrogen-bond acceptors (Lipinski definition) is 5. The Morgan fingerprint density at radius 3 is 2.58 bits per heavy atom. The molecule has 0 N–H and O–H groups in total. The highest BCUT2D eigenvalue weighted by molar-refractivity contribution is 6.38. The van der Waals surface area contributed by atoms with Crippen molar-refractivity contribution < 1.29 is 23.9 Å². The standard InChI is InChI=1S/C18H21NO5/c1-3-23-16(20)12-11-14-10-9-13-7-5-6-8-15(13)19(14)17(21)18(22)24-4-2/h5-8,11-12,14H,3-4,9-10H2,1-2H3/b12-11+. The summed E-state index contributed by atoms with van der Waals surface area (Å²) < 4.78 is 9.70. The van der Waals surface area contributed by atoms with Crippen LogP contribution in [0.15, 0.2) is 36.4 Å².